The third-order valence-electron chi connectivity index (χ3n) is 3.60. The Kier molecular flexibility index (Phi) is 3.87. The van der Waals surface area contributed by atoms with E-state index in [0.717, 1.165) is 63.9 Å². The molecule has 0 aliphatic carbocycles. The maximum Gasteiger partial charge on any atom is 0.227 e. The molecule has 0 spiro atoms. The second-order valence-electron chi connectivity index (χ2n) is 4.90. The van der Waals surface area contributed by atoms with Gasteiger partial charge in [0.1, 0.15) is 0 Å². The van der Waals surface area contributed by atoms with Crippen molar-refractivity contribution >= 4 is 0 Å². The van der Waals surface area contributed by atoms with Crippen LogP contribution in [0.25, 0.3) is 0 Å². The average molecular weight is 252 g/mol. The first-order valence-electron chi connectivity index (χ1n) is 6.78. The smallest absolute Gasteiger partial charge is 0.227 e. The summed E-state index contributed by atoms with van der Waals surface area (Å²) in [5, 5.41) is 7.45. The number of ether oxygens (including phenoxy) is 1. The molecule has 0 amide bonds. The topological polar surface area (TPSA) is 63.4 Å². The highest BCUT2D eigenvalue weighted by molar-refractivity contribution is 4.97. The SMILES string of the molecule is C1CNC(c2noc(CCN3CCOCC3)n2)C1. The Morgan fingerprint density at radius 3 is 3.00 bits per heavy atom. The predicted octanol–water partition coefficient (Wildman–Crippen LogP) is 0.369. The molecule has 0 saturated carbocycles. The Morgan fingerprint density at radius 2 is 2.22 bits per heavy atom. The van der Waals surface area contributed by atoms with Gasteiger partial charge in [0.05, 0.1) is 19.3 Å². The molecule has 100 valence electrons. The molecule has 0 aromatic carbocycles. The van der Waals surface area contributed by atoms with Crippen LogP contribution >= 0.6 is 0 Å². The highest BCUT2D eigenvalue weighted by Crippen LogP contribution is 2.20. The molecule has 2 saturated heterocycles. The molecule has 0 bridgehead atoms. The zero-order chi connectivity index (χ0) is 12.2. The highest BCUT2D eigenvalue weighted by Gasteiger charge is 2.21. The lowest BCUT2D eigenvalue weighted by atomic mass is 10.2. The largest absolute Gasteiger partial charge is 0.379 e. The van der Waals surface area contributed by atoms with Crippen LogP contribution in [0.4, 0.5) is 0 Å². The van der Waals surface area contributed by atoms with Gasteiger partial charge in [0.25, 0.3) is 0 Å². The first-order chi connectivity index (χ1) is 8.92. The molecule has 1 unspecified atom stereocenters. The summed E-state index contributed by atoms with van der Waals surface area (Å²) < 4.78 is 10.6. The number of hydrogen-bond donors (Lipinski definition) is 1. The minimum absolute atomic E-state index is 0.297. The van der Waals surface area contributed by atoms with Gasteiger partial charge in [0.2, 0.25) is 5.89 Å². The van der Waals surface area contributed by atoms with Crippen molar-refractivity contribution in [3.05, 3.63) is 11.7 Å². The van der Waals surface area contributed by atoms with E-state index in [9.17, 15) is 0 Å². The van der Waals surface area contributed by atoms with E-state index in [4.69, 9.17) is 9.26 Å². The van der Waals surface area contributed by atoms with Crippen LogP contribution < -0.4 is 5.32 Å². The second-order valence-corrected chi connectivity index (χ2v) is 4.90. The van der Waals surface area contributed by atoms with Crippen LogP contribution in [0.5, 0.6) is 0 Å². The lowest BCUT2D eigenvalue weighted by Crippen LogP contribution is -2.37. The molecule has 3 heterocycles. The summed E-state index contributed by atoms with van der Waals surface area (Å²) in [6.45, 7) is 5.71. The van der Waals surface area contributed by atoms with Crippen molar-refractivity contribution < 1.29 is 9.26 Å². The van der Waals surface area contributed by atoms with Crippen molar-refractivity contribution in [2.75, 3.05) is 39.4 Å². The van der Waals surface area contributed by atoms with E-state index in [2.05, 4.69) is 20.4 Å². The Balaban J connectivity index is 1.50. The van der Waals surface area contributed by atoms with Gasteiger partial charge in [-0.25, -0.2) is 0 Å². The van der Waals surface area contributed by atoms with Crippen molar-refractivity contribution in [3.63, 3.8) is 0 Å². The van der Waals surface area contributed by atoms with Crippen molar-refractivity contribution in [1.82, 2.24) is 20.4 Å². The van der Waals surface area contributed by atoms with Gasteiger partial charge >= 0.3 is 0 Å². The van der Waals surface area contributed by atoms with Gasteiger partial charge in [-0.3, -0.25) is 4.90 Å². The van der Waals surface area contributed by atoms with Gasteiger partial charge in [-0.2, -0.15) is 4.98 Å². The molecule has 3 rings (SSSR count). The molecular weight excluding hydrogens is 232 g/mol. The standard InChI is InChI=1S/C12H20N4O2/c1-2-10(13-4-1)12-14-11(18-15-12)3-5-16-6-8-17-9-7-16/h10,13H,1-9H2. The summed E-state index contributed by atoms with van der Waals surface area (Å²) in [6, 6.07) is 0.297. The van der Waals surface area contributed by atoms with E-state index < -0.39 is 0 Å². The van der Waals surface area contributed by atoms with Gasteiger partial charge in [0.15, 0.2) is 5.82 Å². The molecule has 2 aliphatic rings. The van der Waals surface area contributed by atoms with E-state index in [-0.39, 0.29) is 0 Å². The molecule has 6 heteroatoms. The Morgan fingerprint density at radius 1 is 1.33 bits per heavy atom. The monoisotopic (exact) mass is 252 g/mol. The normalized spacial score (nSPS) is 25.7. The number of nitrogens with one attached hydrogen (secondary N) is 1. The van der Waals surface area contributed by atoms with Crippen molar-refractivity contribution in [2.24, 2.45) is 0 Å². The summed E-state index contributed by atoms with van der Waals surface area (Å²) >= 11 is 0. The fraction of sp³-hybridized carbons (Fsp3) is 0.833. The van der Waals surface area contributed by atoms with Crippen LogP contribution in [-0.4, -0.2) is 54.4 Å². The van der Waals surface area contributed by atoms with Crippen molar-refractivity contribution in [3.8, 4) is 0 Å². The first-order valence-corrected chi connectivity index (χ1v) is 6.78. The zero-order valence-electron chi connectivity index (χ0n) is 10.6. The molecule has 1 atom stereocenters. The second kappa shape index (κ2) is 5.77. The van der Waals surface area contributed by atoms with Gasteiger partial charge in [-0.05, 0) is 19.4 Å². The van der Waals surface area contributed by atoms with E-state index in [1.807, 2.05) is 0 Å². The summed E-state index contributed by atoms with van der Waals surface area (Å²) in [5.74, 6) is 1.58. The van der Waals surface area contributed by atoms with Crippen molar-refractivity contribution in [2.45, 2.75) is 25.3 Å². The fourth-order valence-electron chi connectivity index (χ4n) is 2.49. The summed E-state index contributed by atoms with van der Waals surface area (Å²) in [4.78, 5) is 6.85. The molecule has 18 heavy (non-hydrogen) atoms. The summed E-state index contributed by atoms with van der Waals surface area (Å²) in [7, 11) is 0. The van der Waals surface area contributed by atoms with Crippen LogP contribution in [0.2, 0.25) is 0 Å². The zero-order valence-corrected chi connectivity index (χ0v) is 10.6. The molecule has 2 fully saturated rings. The Bertz CT molecular complexity index is 370. The first kappa shape index (κ1) is 12.1. The minimum atomic E-state index is 0.297. The van der Waals surface area contributed by atoms with Gasteiger partial charge in [0, 0.05) is 26.1 Å². The lowest BCUT2D eigenvalue weighted by molar-refractivity contribution is 0.0375. The molecule has 6 nitrogen and oxygen atoms in total. The Hall–Kier alpha value is -0.980. The number of aromatic nitrogens is 2. The average Bonchev–Trinajstić information content (AvgIpc) is 3.08. The molecule has 2 aliphatic heterocycles. The number of hydrogen-bond acceptors (Lipinski definition) is 6. The van der Waals surface area contributed by atoms with Gasteiger partial charge in [-0.15, -0.1) is 0 Å². The number of rotatable bonds is 4. The number of nitrogens with zero attached hydrogens (tertiary/aromatic N) is 3. The van der Waals surface area contributed by atoms with Crippen LogP contribution in [-0.2, 0) is 11.2 Å². The molecule has 1 aromatic rings. The van der Waals surface area contributed by atoms with Crippen LogP contribution in [0.15, 0.2) is 4.52 Å². The van der Waals surface area contributed by atoms with Gasteiger partial charge < -0.3 is 14.6 Å². The molecular formula is C12H20N4O2. The van der Waals surface area contributed by atoms with Crippen LogP contribution in [0.3, 0.4) is 0 Å². The van der Waals surface area contributed by atoms with E-state index in [1.165, 1.54) is 6.42 Å². The van der Waals surface area contributed by atoms with Gasteiger partial charge in [-0.1, -0.05) is 5.16 Å². The third kappa shape index (κ3) is 2.88. The van der Waals surface area contributed by atoms with E-state index >= 15 is 0 Å². The summed E-state index contributed by atoms with van der Waals surface area (Å²) in [5.41, 5.74) is 0. The highest BCUT2D eigenvalue weighted by atomic mass is 16.5. The van der Waals surface area contributed by atoms with Crippen molar-refractivity contribution in [1.29, 1.82) is 0 Å². The maximum atomic E-state index is 5.32. The number of morpholine rings is 1. The minimum Gasteiger partial charge on any atom is -0.379 e. The van der Waals surface area contributed by atoms with E-state index in [0.29, 0.717) is 6.04 Å². The third-order valence-corrected chi connectivity index (χ3v) is 3.60. The van der Waals surface area contributed by atoms with E-state index in [1.54, 1.807) is 0 Å². The lowest BCUT2D eigenvalue weighted by Gasteiger charge is -2.25. The summed E-state index contributed by atoms with van der Waals surface area (Å²) in [6.07, 6.45) is 3.14. The molecule has 1 aromatic heterocycles. The van der Waals surface area contributed by atoms with Crippen LogP contribution in [0.1, 0.15) is 30.6 Å². The maximum absolute atomic E-state index is 5.32. The molecule has 0 radical (unpaired) electrons. The Labute approximate surface area is 107 Å². The molecule has 1 N–H and O–H groups in total. The predicted molar refractivity (Wildman–Crippen MR) is 65.2 cm³/mol. The quantitative estimate of drug-likeness (QED) is 0.835. The van der Waals surface area contributed by atoms with Crippen LogP contribution in [0, 0.1) is 0 Å². The fourth-order valence-corrected chi connectivity index (χ4v) is 2.49.